The van der Waals surface area contributed by atoms with E-state index >= 15 is 0 Å². The van der Waals surface area contributed by atoms with Gasteiger partial charge in [0.15, 0.2) is 0 Å². The van der Waals surface area contributed by atoms with Gasteiger partial charge in [-0.3, -0.25) is 4.79 Å². The van der Waals surface area contributed by atoms with Crippen molar-refractivity contribution in [3.05, 3.63) is 24.3 Å². The number of rotatable bonds is 66. The average molecular weight is 1090 g/mol. The highest BCUT2D eigenvalue weighted by Crippen LogP contribution is 2.20. The van der Waals surface area contributed by atoms with Gasteiger partial charge < -0.3 is 25.7 Å². The van der Waals surface area contributed by atoms with Crippen LogP contribution in [0.2, 0.25) is 0 Å². The maximum atomic E-state index is 12.7. The highest BCUT2D eigenvalue weighted by atomic mass is 16.3. The molecule has 0 saturated carbocycles. The molecular formula is C71H139NO5. The van der Waals surface area contributed by atoms with Crippen molar-refractivity contribution in [3.8, 4) is 0 Å². The van der Waals surface area contributed by atoms with Crippen LogP contribution in [0.1, 0.15) is 393 Å². The first-order valence-corrected chi connectivity index (χ1v) is 35.2. The molecule has 0 aliphatic rings. The fourth-order valence-electron chi connectivity index (χ4n) is 11.4. The maximum Gasteiger partial charge on any atom is 0.249 e. The molecule has 4 atom stereocenters. The number of unbranched alkanes of at least 4 members (excludes halogenated alkanes) is 53. The first-order valence-electron chi connectivity index (χ1n) is 35.2. The normalized spacial score (nSPS) is 13.6. The Hall–Kier alpha value is -1.21. The minimum Gasteiger partial charge on any atom is -0.394 e. The molecule has 0 fully saturated rings. The SMILES string of the molecule is CCCCCCCCCCCCC/C=C\C/C=C\CCCCCCCCCCCCCCCCCCC(O)C(=O)NC(CO)C(O)C(O)CCCCCCCCCCCCCCCCCCCCCCCCCCCCC. The van der Waals surface area contributed by atoms with E-state index in [0.717, 1.165) is 44.9 Å². The van der Waals surface area contributed by atoms with Gasteiger partial charge in [-0.15, -0.1) is 0 Å². The zero-order chi connectivity index (χ0) is 55.8. The summed E-state index contributed by atoms with van der Waals surface area (Å²) in [4.78, 5) is 12.7. The van der Waals surface area contributed by atoms with E-state index in [0.29, 0.717) is 12.8 Å². The number of amides is 1. The van der Waals surface area contributed by atoms with Crippen molar-refractivity contribution >= 4 is 5.91 Å². The second kappa shape index (κ2) is 65.6. The molecular weight excluding hydrogens is 947 g/mol. The Balaban J connectivity index is 3.53. The van der Waals surface area contributed by atoms with Gasteiger partial charge in [-0.1, -0.05) is 372 Å². The average Bonchev–Trinajstić information content (AvgIpc) is 3.43. The molecule has 5 N–H and O–H groups in total. The highest BCUT2D eigenvalue weighted by molar-refractivity contribution is 5.80. The Morgan fingerprint density at radius 2 is 0.558 bits per heavy atom. The number of allylic oxidation sites excluding steroid dienone is 4. The lowest BCUT2D eigenvalue weighted by atomic mass is 9.99. The van der Waals surface area contributed by atoms with Crippen LogP contribution < -0.4 is 5.32 Å². The van der Waals surface area contributed by atoms with Crippen LogP contribution in [0.5, 0.6) is 0 Å². The lowest BCUT2D eigenvalue weighted by Gasteiger charge is -2.27. The lowest BCUT2D eigenvalue weighted by molar-refractivity contribution is -0.132. The fourth-order valence-corrected chi connectivity index (χ4v) is 11.4. The van der Waals surface area contributed by atoms with Crippen molar-refractivity contribution in [3.63, 3.8) is 0 Å². The molecule has 77 heavy (non-hydrogen) atoms. The third-order valence-corrected chi connectivity index (χ3v) is 16.9. The van der Waals surface area contributed by atoms with Gasteiger partial charge in [-0.05, 0) is 44.9 Å². The van der Waals surface area contributed by atoms with E-state index in [1.807, 2.05) is 0 Å². The van der Waals surface area contributed by atoms with E-state index in [4.69, 9.17) is 0 Å². The number of hydrogen-bond donors (Lipinski definition) is 5. The van der Waals surface area contributed by atoms with E-state index in [9.17, 15) is 25.2 Å². The van der Waals surface area contributed by atoms with E-state index in [1.54, 1.807) is 0 Å². The third-order valence-electron chi connectivity index (χ3n) is 16.9. The van der Waals surface area contributed by atoms with Crippen LogP contribution in [0.4, 0.5) is 0 Å². The summed E-state index contributed by atoms with van der Waals surface area (Å²) >= 11 is 0. The van der Waals surface area contributed by atoms with Crippen LogP contribution in [-0.2, 0) is 4.79 Å². The second-order valence-electron chi connectivity index (χ2n) is 24.6. The zero-order valence-corrected chi connectivity index (χ0v) is 52.2. The molecule has 1 amide bonds. The van der Waals surface area contributed by atoms with Crippen molar-refractivity contribution in [2.24, 2.45) is 0 Å². The predicted molar refractivity (Wildman–Crippen MR) is 339 cm³/mol. The molecule has 0 aliphatic carbocycles. The molecule has 0 aromatic heterocycles. The summed E-state index contributed by atoms with van der Waals surface area (Å²) in [5, 5.41) is 44.3. The molecule has 0 radical (unpaired) electrons. The number of nitrogens with one attached hydrogen (secondary N) is 1. The van der Waals surface area contributed by atoms with E-state index in [2.05, 4.69) is 43.5 Å². The summed E-state index contributed by atoms with van der Waals surface area (Å²) in [6.07, 6.45) is 83.0. The minimum absolute atomic E-state index is 0.372. The van der Waals surface area contributed by atoms with Gasteiger partial charge >= 0.3 is 0 Å². The molecule has 6 nitrogen and oxygen atoms in total. The zero-order valence-electron chi connectivity index (χ0n) is 52.2. The topological polar surface area (TPSA) is 110 Å². The summed E-state index contributed by atoms with van der Waals surface area (Å²) in [6.45, 7) is 4.11. The standard InChI is InChI=1S/C71H139NO5/c1-3-5-7-9-11-13-15-17-19-21-23-25-27-29-31-32-33-34-35-36-37-39-41-43-45-47-49-51-53-55-57-59-61-63-65-69(75)71(77)72-67(66-73)70(76)68(74)64-62-60-58-56-54-52-50-48-46-44-42-40-38-30-28-26-24-22-20-18-16-14-12-10-8-6-4-2/h27,29,32-33,67-70,73-76H,3-26,28,30-31,34-66H2,1-2H3,(H,72,77)/b29-27-,33-32-. The van der Waals surface area contributed by atoms with Crippen molar-refractivity contribution in [2.75, 3.05) is 6.61 Å². The lowest BCUT2D eigenvalue weighted by Crippen LogP contribution is -2.53. The van der Waals surface area contributed by atoms with Crippen LogP contribution in [0.15, 0.2) is 24.3 Å². The van der Waals surface area contributed by atoms with Crippen molar-refractivity contribution in [2.45, 2.75) is 417 Å². The molecule has 4 unspecified atom stereocenters. The van der Waals surface area contributed by atoms with Gasteiger partial charge in [0.1, 0.15) is 12.2 Å². The molecule has 0 aromatic carbocycles. The van der Waals surface area contributed by atoms with Crippen LogP contribution in [0, 0.1) is 0 Å². The maximum absolute atomic E-state index is 12.7. The molecule has 0 spiro atoms. The van der Waals surface area contributed by atoms with Gasteiger partial charge in [0.25, 0.3) is 0 Å². The Bertz CT molecular complexity index is 1170. The number of hydrogen-bond acceptors (Lipinski definition) is 5. The Morgan fingerprint density at radius 1 is 0.325 bits per heavy atom. The van der Waals surface area contributed by atoms with Gasteiger partial charge in [0.05, 0.1) is 18.8 Å². The summed E-state index contributed by atoms with van der Waals surface area (Å²) in [5.74, 6) is -0.576. The monoisotopic (exact) mass is 1090 g/mol. The van der Waals surface area contributed by atoms with Crippen molar-refractivity contribution in [1.82, 2.24) is 5.32 Å². The molecule has 458 valence electrons. The highest BCUT2D eigenvalue weighted by Gasteiger charge is 2.28. The van der Waals surface area contributed by atoms with Gasteiger partial charge in [-0.2, -0.15) is 0 Å². The van der Waals surface area contributed by atoms with E-state index in [1.165, 1.54) is 321 Å². The van der Waals surface area contributed by atoms with Crippen molar-refractivity contribution < 1.29 is 25.2 Å². The quantitative estimate of drug-likeness (QED) is 0.0308. The number of carbonyl (C=O) groups is 1. The Labute approximate surface area is 482 Å². The number of aliphatic hydroxyl groups excluding tert-OH is 4. The van der Waals surface area contributed by atoms with Gasteiger partial charge in [0, 0.05) is 0 Å². The van der Waals surface area contributed by atoms with E-state index < -0.39 is 36.9 Å². The number of aliphatic hydroxyl groups is 4. The summed E-state index contributed by atoms with van der Waals surface area (Å²) in [6, 6.07) is -0.986. The largest absolute Gasteiger partial charge is 0.394 e. The minimum atomic E-state index is -1.26. The fraction of sp³-hybridized carbons (Fsp3) is 0.930. The molecule has 0 aromatic rings. The smallest absolute Gasteiger partial charge is 0.249 e. The van der Waals surface area contributed by atoms with Crippen molar-refractivity contribution in [1.29, 1.82) is 0 Å². The molecule has 0 bridgehead atoms. The summed E-state index contributed by atoms with van der Waals surface area (Å²) in [5.41, 5.74) is 0. The van der Waals surface area contributed by atoms with Crippen LogP contribution in [-0.4, -0.2) is 57.3 Å². The Kier molecular flexibility index (Phi) is 64.6. The van der Waals surface area contributed by atoms with Crippen LogP contribution >= 0.6 is 0 Å². The van der Waals surface area contributed by atoms with Gasteiger partial charge in [-0.25, -0.2) is 0 Å². The summed E-state index contributed by atoms with van der Waals surface area (Å²) < 4.78 is 0. The summed E-state index contributed by atoms with van der Waals surface area (Å²) in [7, 11) is 0. The first kappa shape index (κ1) is 75.8. The molecule has 0 aliphatic heterocycles. The third kappa shape index (κ3) is 59.2. The number of carbonyl (C=O) groups excluding carboxylic acids is 1. The van der Waals surface area contributed by atoms with Gasteiger partial charge in [0.2, 0.25) is 5.91 Å². The molecule has 0 saturated heterocycles. The van der Waals surface area contributed by atoms with Crippen LogP contribution in [0.25, 0.3) is 0 Å². The molecule has 0 heterocycles. The predicted octanol–water partition coefficient (Wildman–Crippen LogP) is 21.7. The van der Waals surface area contributed by atoms with Crippen LogP contribution in [0.3, 0.4) is 0 Å². The molecule has 0 rings (SSSR count). The second-order valence-corrected chi connectivity index (χ2v) is 24.6. The Morgan fingerprint density at radius 3 is 0.818 bits per heavy atom. The molecule has 6 heteroatoms. The first-order chi connectivity index (χ1) is 38.0. The van der Waals surface area contributed by atoms with E-state index in [-0.39, 0.29) is 0 Å².